The van der Waals surface area contributed by atoms with Crippen molar-refractivity contribution < 1.29 is 4.79 Å². The van der Waals surface area contributed by atoms with Crippen molar-refractivity contribution in [2.45, 2.75) is 52.0 Å². The Kier molecular flexibility index (Phi) is 11.6. The van der Waals surface area contributed by atoms with Crippen LogP contribution in [0.1, 0.15) is 45.1 Å². The molecule has 1 aromatic rings. The average Bonchev–Trinajstić information content (AvgIpc) is 3.41. The van der Waals surface area contributed by atoms with E-state index in [1.165, 1.54) is 31.5 Å². The van der Waals surface area contributed by atoms with Crippen molar-refractivity contribution in [3.8, 4) is 0 Å². The average molecular weight is 542 g/mol. The second kappa shape index (κ2) is 13.9. The zero-order valence-corrected chi connectivity index (χ0v) is 21.5. The number of benzene rings is 1. The number of carbonyl (C=O) groups excluding carboxylic acids is 1. The minimum Gasteiger partial charge on any atom is -0.357 e. The molecule has 2 aliphatic rings. The van der Waals surface area contributed by atoms with Crippen molar-refractivity contribution in [3.05, 3.63) is 35.9 Å². The van der Waals surface area contributed by atoms with Crippen LogP contribution in [-0.4, -0.2) is 73.5 Å². The molecule has 0 spiro atoms. The molecule has 2 N–H and O–H groups in total. The van der Waals surface area contributed by atoms with Gasteiger partial charge in [0.25, 0.3) is 0 Å². The van der Waals surface area contributed by atoms with Gasteiger partial charge in [0.2, 0.25) is 5.91 Å². The first-order valence-electron chi connectivity index (χ1n) is 11.8. The quantitative estimate of drug-likeness (QED) is 0.272. The van der Waals surface area contributed by atoms with Crippen molar-refractivity contribution in [1.29, 1.82) is 0 Å². The zero-order chi connectivity index (χ0) is 21.2. The molecule has 2 saturated heterocycles. The number of aliphatic imine (C=N–C) groups is 1. The molecule has 2 unspecified atom stereocenters. The van der Waals surface area contributed by atoms with E-state index in [2.05, 4.69) is 53.6 Å². The van der Waals surface area contributed by atoms with Gasteiger partial charge < -0.3 is 15.5 Å². The van der Waals surface area contributed by atoms with E-state index in [1.807, 2.05) is 11.0 Å². The Morgan fingerprint density at radius 3 is 2.58 bits per heavy atom. The summed E-state index contributed by atoms with van der Waals surface area (Å²) >= 11 is 0. The summed E-state index contributed by atoms with van der Waals surface area (Å²) in [6, 6.07) is 10.9. The number of amides is 1. The van der Waals surface area contributed by atoms with E-state index in [0.717, 1.165) is 51.5 Å². The van der Waals surface area contributed by atoms with Crippen molar-refractivity contribution in [3.63, 3.8) is 0 Å². The Morgan fingerprint density at radius 2 is 1.90 bits per heavy atom. The van der Waals surface area contributed by atoms with E-state index in [0.29, 0.717) is 18.4 Å². The molecule has 0 saturated carbocycles. The summed E-state index contributed by atoms with van der Waals surface area (Å²) in [5.41, 5.74) is 1.29. The molecule has 2 fully saturated rings. The molecule has 2 heterocycles. The van der Waals surface area contributed by atoms with Crippen molar-refractivity contribution in [2.75, 3.05) is 45.8 Å². The summed E-state index contributed by atoms with van der Waals surface area (Å²) in [5.74, 6) is 1.50. The maximum absolute atomic E-state index is 12.4. The Morgan fingerprint density at radius 1 is 1.16 bits per heavy atom. The van der Waals surface area contributed by atoms with Crippen molar-refractivity contribution >= 4 is 35.8 Å². The lowest BCUT2D eigenvalue weighted by molar-refractivity contribution is -0.127. The van der Waals surface area contributed by atoms with Gasteiger partial charge in [0.05, 0.1) is 6.54 Å². The highest BCUT2D eigenvalue weighted by Gasteiger charge is 2.29. The topological polar surface area (TPSA) is 60.0 Å². The van der Waals surface area contributed by atoms with Crippen LogP contribution in [0.4, 0.5) is 0 Å². The summed E-state index contributed by atoms with van der Waals surface area (Å²) in [7, 11) is 0. The van der Waals surface area contributed by atoms with Gasteiger partial charge in [-0.05, 0) is 51.3 Å². The van der Waals surface area contributed by atoms with Gasteiger partial charge in [-0.15, -0.1) is 24.0 Å². The third-order valence-corrected chi connectivity index (χ3v) is 6.30. The summed E-state index contributed by atoms with van der Waals surface area (Å²) in [5, 5.41) is 6.86. The standard InChI is InChI=1S/C24H39N5O.HI/c1-3-22(28-13-8-9-14-28)18-27-24(25-4-2)26-17-21-16-23(30)29(19-21)15-12-20-10-6-5-7-11-20;/h5-7,10-11,21-22H,3-4,8-9,12-19H2,1-2H3,(H2,25,26,27);1H. The van der Waals surface area contributed by atoms with E-state index in [9.17, 15) is 4.79 Å². The van der Waals surface area contributed by atoms with Gasteiger partial charge in [-0.1, -0.05) is 37.3 Å². The van der Waals surface area contributed by atoms with Crippen LogP contribution in [0.5, 0.6) is 0 Å². The normalized spacial score (nSPS) is 20.6. The monoisotopic (exact) mass is 541 g/mol. The van der Waals surface area contributed by atoms with Gasteiger partial charge >= 0.3 is 0 Å². The lowest BCUT2D eigenvalue weighted by atomic mass is 10.1. The van der Waals surface area contributed by atoms with Crippen molar-refractivity contribution in [1.82, 2.24) is 20.4 Å². The number of hydrogen-bond acceptors (Lipinski definition) is 3. The first kappa shape index (κ1) is 25.9. The fourth-order valence-electron chi connectivity index (χ4n) is 4.50. The number of nitrogens with zero attached hydrogens (tertiary/aromatic N) is 3. The van der Waals surface area contributed by atoms with Gasteiger partial charge in [0.15, 0.2) is 5.96 Å². The van der Waals surface area contributed by atoms with Crippen LogP contribution in [0.3, 0.4) is 0 Å². The summed E-state index contributed by atoms with van der Waals surface area (Å²) in [6.45, 7) is 10.9. The molecule has 2 aliphatic heterocycles. The van der Waals surface area contributed by atoms with Crippen LogP contribution in [0, 0.1) is 5.92 Å². The second-order valence-electron chi connectivity index (χ2n) is 8.55. The van der Waals surface area contributed by atoms with Crippen molar-refractivity contribution in [2.24, 2.45) is 10.9 Å². The van der Waals surface area contributed by atoms with Crippen LogP contribution >= 0.6 is 24.0 Å². The van der Waals surface area contributed by atoms with Gasteiger partial charge in [0.1, 0.15) is 0 Å². The highest BCUT2D eigenvalue weighted by atomic mass is 127. The Bertz CT molecular complexity index is 678. The number of likely N-dealkylation sites (tertiary alicyclic amines) is 2. The molecule has 3 rings (SSSR count). The number of carbonyl (C=O) groups is 1. The number of nitrogens with one attached hydrogen (secondary N) is 2. The Balaban J connectivity index is 0.00000341. The maximum Gasteiger partial charge on any atom is 0.223 e. The predicted octanol–water partition coefficient (Wildman–Crippen LogP) is 3.13. The molecule has 0 bridgehead atoms. The number of hydrogen-bond donors (Lipinski definition) is 2. The molecule has 0 radical (unpaired) electrons. The van der Waals surface area contributed by atoms with Crippen LogP contribution < -0.4 is 10.6 Å². The van der Waals surface area contributed by atoms with Gasteiger partial charge in [-0.2, -0.15) is 0 Å². The van der Waals surface area contributed by atoms with E-state index in [-0.39, 0.29) is 29.9 Å². The molecule has 0 aliphatic carbocycles. The molecule has 174 valence electrons. The zero-order valence-electron chi connectivity index (χ0n) is 19.2. The first-order chi connectivity index (χ1) is 14.7. The van der Waals surface area contributed by atoms with E-state index < -0.39 is 0 Å². The third kappa shape index (κ3) is 8.25. The fourth-order valence-corrected chi connectivity index (χ4v) is 4.50. The summed E-state index contributed by atoms with van der Waals surface area (Å²) in [4.78, 5) is 21.9. The lowest BCUT2D eigenvalue weighted by Gasteiger charge is -2.25. The molecule has 0 aromatic heterocycles. The van der Waals surface area contributed by atoms with Crippen LogP contribution in [0.15, 0.2) is 35.3 Å². The highest BCUT2D eigenvalue weighted by molar-refractivity contribution is 14.0. The second-order valence-corrected chi connectivity index (χ2v) is 8.55. The number of rotatable bonds is 10. The SMILES string of the molecule is CCNC(=NCC(CC)N1CCCC1)NCC1CC(=O)N(CCc2ccccc2)C1.I. The van der Waals surface area contributed by atoms with Crippen LogP contribution in [0.25, 0.3) is 0 Å². The fraction of sp³-hybridized carbons (Fsp3) is 0.667. The maximum atomic E-state index is 12.4. The van der Waals surface area contributed by atoms with E-state index in [4.69, 9.17) is 4.99 Å². The molecule has 2 atom stereocenters. The molecule has 6 nitrogen and oxygen atoms in total. The largest absolute Gasteiger partial charge is 0.357 e. The van der Waals surface area contributed by atoms with Gasteiger partial charge in [-0.3, -0.25) is 14.7 Å². The van der Waals surface area contributed by atoms with Crippen LogP contribution in [-0.2, 0) is 11.2 Å². The molecule has 7 heteroatoms. The molecular weight excluding hydrogens is 501 g/mol. The number of halogens is 1. The summed E-state index contributed by atoms with van der Waals surface area (Å²) in [6.07, 6.45) is 5.32. The first-order valence-corrected chi connectivity index (χ1v) is 11.8. The Hall–Kier alpha value is -1.35. The highest BCUT2D eigenvalue weighted by Crippen LogP contribution is 2.18. The summed E-state index contributed by atoms with van der Waals surface area (Å²) < 4.78 is 0. The Labute approximate surface area is 205 Å². The minimum atomic E-state index is 0. The molecular formula is C24H40IN5O. The predicted molar refractivity (Wildman–Crippen MR) is 139 cm³/mol. The third-order valence-electron chi connectivity index (χ3n) is 6.30. The van der Waals surface area contributed by atoms with Crippen LogP contribution in [0.2, 0.25) is 0 Å². The lowest BCUT2D eigenvalue weighted by Crippen LogP contribution is -2.42. The number of guanidine groups is 1. The van der Waals surface area contributed by atoms with Gasteiger partial charge in [-0.25, -0.2) is 0 Å². The van der Waals surface area contributed by atoms with E-state index >= 15 is 0 Å². The minimum absolute atomic E-state index is 0. The van der Waals surface area contributed by atoms with Gasteiger partial charge in [0, 0.05) is 44.6 Å². The molecule has 1 aromatic carbocycles. The molecule has 31 heavy (non-hydrogen) atoms. The van der Waals surface area contributed by atoms with E-state index in [1.54, 1.807) is 0 Å². The smallest absolute Gasteiger partial charge is 0.223 e. The molecule has 1 amide bonds.